The Bertz CT molecular complexity index is 261. The Labute approximate surface area is 119 Å². The zero-order valence-corrected chi connectivity index (χ0v) is 12.9. The molecule has 2 fully saturated rings. The number of aliphatic hydroxyl groups is 1. The molecule has 1 heterocycles. The molecule has 0 radical (unpaired) electrons. The Hall–Kier alpha value is -0.120. The van der Waals surface area contributed by atoms with Gasteiger partial charge in [-0.2, -0.15) is 0 Å². The molecule has 19 heavy (non-hydrogen) atoms. The molecule has 3 nitrogen and oxygen atoms in total. The van der Waals surface area contributed by atoms with Crippen LogP contribution in [0.15, 0.2) is 0 Å². The third-order valence-electron chi connectivity index (χ3n) is 5.31. The predicted octanol–water partition coefficient (Wildman–Crippen LogP) is 2.35. The van der Waals surface area contributed by atoms with Gasteiger partial charge in [-0.15, -0.1) is 0 Å². The lowest BCUT2D eigenvalue weighted by Gasteiger charge is -2.43. The van der Waals surface area contributed by atoms with Crippen molar-refractivity contribution in [1.29, 1.82) is 0 Å². The van der Waals surface area contributed by atoms with Gasteiger partial charge in [-0.05, 0) is 26.3 Å². The number of likely N-dealkylation sites (N-methyl/N-ethyl adjacent to an activating group) is 1. The molecule has 2 aliphatic rings. The maximum Gasteiger partial charge on any atom is 0.0499 e. The van der Waals surface area contributed by atoms with E-state index in [9.17, 15) is 5.11 Å². The molecule has 1 N–H and O–H groups in total. The highest BCUT2D eigenvalue weighted by Gasteiger charge is 2.34. The molecule has 0 aromatic rings. The smallest absolute Gasteiger partial charge is 0.0499 e. The van der Waals surface area contributed by atoms with E-state index in [0.717, 1.165) is 6.54 Å². The van der Waals surface area contributed by atoms with E-state index in [1.54, 1.807) is 0 Å². The molecule has 0 amide bonds. The molecule has 0 aromatic heterocycles. The van der Waals surface area contributed by atoms with Gasteiger partial charge < -0.3 is 5.11 Å². The van der Waals surface area contributed by atoms with Gasteiger partial charge in [0.25, 0.3) is 0 Å². The van der Waals surface area contributed by atoms with Gasteiger partial charge in [0.15, 0.2) is 0 Å². The molecule has 0 bridgehead atoms. The van der Waals surface area contributed by atoms with Crippen LogP contribution in [0, 0.1) is 5.41 Å². The third-order valence-corrected chi connectivity index (χ3v) is 5.31. The van der Waals surface area contributed by atoms with Crippen LogP contribution in [-0.2, 0) is 0 Å². The Kier molecular flexibility index (Phi) is 5.67. The standard InChI is InChI=1S/C16H32N2O/c1-3-18-11-10-17(12-15(18)2)13-16(14-19)8-6-4-5-7-9-16/h15,19H,3-14H2,1-2H3. The third kappa shape index (κ3) is 3.93. The van der Waals surface area contributed by atoms with Crippen molar-refractivity contribution in [3.05, 3.63) is 0 Å². The van der Waals surface area contributed by atoms with Gasteiger partial charge in [-0.25, -0.2) is 0 Å². The van der Waals surface area contributed by atoms with Gasteiger partial charge in [0.1, 0.15) is 0 Å². The van der Waals surface area contributed by atoms with Gasteiger partial charge in [-0.1, -0.05) is 32.6 Å². The fourth-order valence-corrected chi connectivity index (χ4v) is 4.00. The van der Waals surface area contributed by atoms with Gasteiger partial charge in [0.05, 0.1) is 0 Å². The number of nitrogens with zero attached hydrogens (tertiary/aromatic N) is 2. The van der Waals surface area contributed by atoms with Crippen molar-refractivity contribution in [3.63, 3.8) is 0 Å². The average molecular weight is 268 g/mol. The van der Waals surface area contributed by atoms with Crippen LogP contribution in [0.2, 0.25) is 0 Å². The van der Waals surface area contributed by atoms with Crippen LogP contribution in [0.4, 0.5) is 0 Å². The molecule has 112 valence electrons. The van der Waals surface area contributed by atoms with Crippen LogP contribution in [0.25, 0.3) is 0 Å². The molecule has 1 saturated heterocycles. The summed E-state index contributed by atoms with van der Waals surface area (Å²) in [5.41, 5.74) is 0.199. The van der Waals surface area contributed by atoms with Crippen LogP contribution in [0.3, 0.4) is 0 Å². The topological polar surface area (TPSA) is 26.7 Å². The first-order chi connectivity index (χ1) is 9.19. The highest BCUT2D eigenvalue weighted by molar-refractivity contribution is 4.87. The molecule has 0 aromatic carbocycles. The second kappa shape index (κ2) is 7.05. The van der Waals surface area contributed by atoms with E-state index in [1.807, 2.05) is 0 Å². The first-order valence-corrected chi connectivity index (χ1v) is 8.26. The quantitative estimate of drug-likeness (QED) is 0.793. The highest BCUT2D eigenvalue weighted by atomic mass is 16.3. The van der Waals surface area contributed by atoms with E-state index < -0.39 is 0 Å². The lowest BCUT2D eigenvalue weighted by Crippen LogP contribution is -2.54. The first-order valence-electron chi connectivity index (χ1n) is 8.26. The van der Waals surface area contributed by atoms with E-state index in [2.05, 4.69) is 23.6 Å². The molecule has 3 heteroatoms. The largest absolute Gasteiger partial charge is 0.396 e. The van der Waals surface area contributed by atoms with Crippen molar-refractivity contribution >= 4 is 0 Å². The lowest BCUT2D eigenvalue weighted by molar-refractivity contribution is 0.0198. The zero-order valence-electron chi connectivity index (χ0n) is 12.9. The molecular formula is C16H32N2O. The number of hydrogen-bond acceptors (Lipinski definition) is 3. The second-order valence-electron chi connectivity index (χ2n) is 6.79. The van der Waals surface area contributed by atoms with E-state index in [4.69, 9.17) is 0 Å². The van der Waals surface area contributed by atoms with E-state index in [-0.39, 0.29) is 5.41 Å². The molecule has 1 aliphatic heterocycles. The molecular weight excluding hydrogens is 236 g/mol. The Morgan fingerprint density at radius 2 is 1.79 bits per heavy atom. The SMILES string of the molecule is CCN1CCN(CC2(CO)CCCCCC2)CC1C. The average Bonchev–Trinajstić information content (AvgIpc) is 2.65. The predicted molar refractivity (Wildman–Crippen MR) is 80.4 cm³/mol. The second-order valence-corrected chi connectivity index (χ2v) is 6.79. The molecule has 1 atom stereocenters. The molecule has 2 rings (SSSR count). The minimum absolute atomic E-state index is 0.199. The fourth-order valence-electron chi connectivity index (χ4n) is 4.00. The summed E-state index contributed by atoms with van der Waals surface area (Å²) in [6.45, 7) is 10.8. The first kappa shape index (κ1) is 15.3. The van der Waals surface area contributed by atoms with Crippen molar-refractivity contribution in [1.82, 2.24) is 9.80 Å². The van der Waals surface area contributed by atoms with Gasteiger partial charge in [-0.3, -0.25) is 9.80 Å². The summed E-state index contributed by atoms with van der Waals surface area (Å²) < 4.78 is 0. The van der Waals surface area contributed by atoms with Crippen LogP contribution < -0.4 is 0 Å². The molecule has 0 spiro atoms. The molecule has 1 saturated carbocycles. The summed E-state index contributed by atoms with van der Waals surface area (Å²) >= 11 is 0. The molecule has 1 unspecified atom stereocenters. The summed E-state index contributed by atoms with van der Waals surface area (Å²) in [5.74, 6) is 0. The van der Waals surface area contributed by atoms with Gasteiger partial charge >= 0.3 is 0 Å². The Morgan fingerprint density at radius 1 is 1.11 bits per heavy atom. The zero-order chi connectivity index (χ0) is 13.7. The molecule has 1 aliphatic carbocycles. The van der Waals surface area contributed by atoms with Crippen molar-refractivity contribution in [2.45, 2.75) is 58.4 Å². The summed E-state index contributed by atoms with van der Waals surface area (Å²) in [7, 11) is 0. The van der Waals surface area contributed by atoms with Crippen molar-refractivity contribution in [2.24, 2.45) is 5.41 Å². The van der Waals surface area contributed by atoms with Gasteiger partial charge in [0.2, 0.25) is 0 Å². The summed E-state index contributed by atoms with van der Waals surface area (Å²) in [4.78, 5) is 5.17. The van der Waals surface area contributed by atoms with Crippen LogP contribution in [-0.4, -0.2) is 60.3 Å². The van der Waals surface area contributed by atoms with Gasteiger partial charge in [0, 0.05) is 44.2 Å². The Balaban J connectivity index is 1.91. The maximum atomic E-state index is 9.92. The summed E-state index contributed by atoms with van der Waals surface area (Å²) in [5, 5.41) is 9.92. The normalized spacial score (nSPS) is 30.2. The lowest BCUT2D eigenvalue weighted by atomic mass is 9.80. The van der Waals surface area contributed by atoms with Crippen LogP contribution in [0.1, 0.15) is 52.4 Å². The monoisotopic (exact) mass is 268 g/mol. The van der Waals surface area contributed by atoms with E-state index in [1.165, 1.54) is 64.7 Å². The van der Waals surface area contributed by atoms with E-state index >= 15 is 0 Å². The number of hydrogen-bond donors (Lipinski definition) is 1. The number of piperazine rings is 1. The number of rotatable bonds is 4. The van der Waals surface area contributed by atoms with Crippen molar-refractivity contribution < 1.29 is 5.11 Å². The van der Waals surface area contributed by atoms with Crippen molar-refractivity contribution in [3.8, 4) is 0 Å². The highest BCUT2D eigenvalue weighted by Crippen LogP contribution is 2.35. The number of aliphatic hydroxyl groups excluding tert-OH is 1. The van der Waals surface area contributed by atoms with Crippen molar-refractivity contribution in [2.75, 3.05) is 39.3 Å². The van der Waals surface area contributed by atoms with Crippen LogP contribution in [0.5, 0.6) is 0 Å². The maximum absolute atomic E-state index is 9.92. The van der Waals surface area contributed by atoms with Crippen LogP contribution >= 0.6 is 0 Å². The summed E-state index contributed by atoms with van der Waals surface area (Å²) in [6, 6.07) is 0.667. The minimum atomic E-state index is 0.199. The Morgan fingerprint density at radius 3 is 2.32 bits per heavy atom. The van der Waals surface area contributed by atoms with E-state index in [0.29, 0.717) is 12.6 Å². The fraction of sp³-hybridized carbons (Fsp3) is 1.00. The summed E-state index contributed by atoms with van der Waals surface area (Å²) in [6.07, 6.45) is 7.80. The minimum Gasteiger partial charge on any atom is -0.396 e.